The molecular formula is C11H16FNO4S. The third kappa shape index (κ3) is 3.74. The molecule has 0 fully saturated rings. The summed E-state index contributed by atoms with van der Waals surface area (Å²) >= 11 is 0. The number of aliphatic hydroxyl groups is 1. The summed E-state index contributed by atoms with van der Waals surface area (Å²) < 4.78 is 43.0. The molecule has 0 aliphatic rings. The zero-order valence-electron chi connectivity index (χ0n) is 10.0. The molecular weight excluding hydrogens is 261 g/mol. The number of hydrogen-bond acceptors (Lipinski definition) is 4. The van der Waals surface area contributed by atoms with Crippen molar-refractivity contribution in [1.29, 1.82) is 0 Å². The predicted molar refractivity (Wildman–Crippen MR) is 64.1 cm³/mol. The molecule has 0 aliphatic heterocycles. The van der Waals surface area contributed by atoms with Crippen LogP contribution in [0, 0.1) is 5.82 Å². The highest BCUT2D eigenvalue weighted by atomic mass is 32.2. The first-order chi connectivity index (χ1) is 8.52. The molecule has 0 radical (unpaired) electrons. The van der Waals surface area contributed by atoms with E-state index in [1.54, 1.807) is 0 Å². The predicted octanol–water partition coefficient (Wildman–Crippen LogP) is 0.455. The topological polar surface area (TPSA) is 66.8 Å². The van der Waals surface area contributed by atoms with E-state index in [0.717, 1.165) is 16.4 Å². The summed E-state index contributed by atoms with van der Waals surface area (Å²) in [6.45, 7) is 0.0460. The lowest BCUT2D eigenvalue weighted by atomic mass is 10.4. The van der Waals surface area contributed by atoms with Gasteiger partial charge in [-0.25, -0.2) is 12.8 Å². The van der Waals surface area contributed by atoms with E-state index in [-0.39, 0.29) is 31.2 Å². The van der Waals surface area contributed by atoms with Gasteiger partial charge in [0.05, 0.1) is 18.1 Å². The summed E-state index contributed by atoms with van der Waals surface area (Å²) in [5.41, 5.74) is 0. The SMILES string of the molecule is COCCN(CCO)S(=O)(=O)c1ccc(F)cc1. The van der Waals surface area contributed by atoms with Crippen LogP contribution in [-0.4, -0.2) is 51.2 Å². The van der Waals surface area contributed by atoms with Gasteiger partial charge in [-0.1, -0.05) is 0 Å². The van der Waals surface area contributed by atoms with Crippen LogP contribution in [0.5, 0.6) is 0 Å². The van der Waals surface area contributed by atoms with Crippen LogP contribution in [0.15, 0.2) is 29.2 Å². The Labute approximate surface area is 106 Å². The maximum atomic E-state index is 12.8. The highest BCUT2D eigenvalue weighted by Crippen LogP contribution is 2.15. The number of sulfonamides is 1. The Hall–Kier alpha value is -1.02. The van der Waals surface area contributed by atoms with E-state index in [4.69, 9.17) is 9.84 Å². The van der Waals surface area contributed by atoms with E-state index in [1.807, 2.05) is 0 Å². The van der Waals surface area contributed by atoms with Gasteiger partial charge in [0, 0.05) is 20.2 Å². The van der Waals surface area contributed by atoms with Crippen LogP contribution in [0.3, 0.4) is 0 Å². The Kier molecular flexibility index (Phi) is 5.67. The minimum atomic E-state index is -3.73. The first-order valence-electron chi connectivity index (χ1n) is 5.38. The number of hydrogen-bond donors (Lipinski definition) is 1. The lowest BCUT2D eigenvalue weighted by molar-refractivity contribution is 0.168. The lowest BCUT2D eigenvalue weighted by Crippen LogP contribution is -2.36. The third-order valence-electron chi connectivity index (χ3n) is 2.35. The largest absolute Gasteiger partial charge is 0.395 e. The van der Waals surface area contributed by atoms with Crippen LogP contribution >= 0.6 is 0 Å². The summed E-state index contributed by atoms with van der Waals surface area (Å²) in [5, 5.41) is 8.88. The third-order valence-corrected chi connectivity index (χ3v) is 4.26. The number of halogens is 1. The quantitative estimate of drug-likeness (QED) is 0.786. The summed E-state index contributed by atoms with van der Waals surface area (Å²) in [6.07, 6.45) is 0. The molecule has 0 spiro atoms. The van der Waals surface area contributed by atoms with Crippen molar-refractivity contribution in [2.75, 3.05) is 33.4 Å². The Morgan fingerprint density at radius 2 is 1.89 bits per heavy atom. The molecule has 0 unspecified atom stereocenters. The molecule has 0 aromatic heterocycles. The van der Waals surface area contributed by atoms with E-state index in [9.17, 15) is 12.8 Å². The van der Waals surface area contributed by atoms with Crippen LogP contribution < -0.4 is 0 Å². The molecule has 0 bridgehead atoms. The van der Waals surface area contributed by atoms with Crippen molar-refractivity contribution in [2.45, 2.75) is 4.90 Å². The molecule has 0 aliphatic carbocycles. The van der Waals surface area contributed by atoms with E-state index in [0.29, 0.717) is 0 Å². The van der Waals surface area contributed by atoms with Gasteiger partial charge in [-0.15, -0.1) is 0 Å². The fourth-order valence-electron chi connectivity index (χ4n) is 1.41. The van der Waals surface area contributed by atoms with Gasteiger partial charge in [0.25, 0.3) is 0 Å². The molecule has 102 valence electrons. The number of aliphatic hydroxyl groups excluding tert-OH is 1. The van der Waals surface area contributed by atoms with Crippen molar-refractivity contribution in [3.63, 3.8) is 0 Å². The zero-order chi connectivity index (χ0) is 13.6. The minimum Gasteiger partial charge on any atom is -0.395 e. The maximum Gasteiger partial charge on any atom is 0.243 e. The van der Waals surface area contributed by atoms with Crippen LogP contribution in [-0.2, 0) is 14.8 Å². The molecule has 1 aromatic rings. The Morgan fingerprint density at radius 3 is 2.39 bits per heavy atom. The first-order valence-corrected chi connectivity index (χ1v) is 6.82. The molecule has 1 N–H and O–H groups in total. The van der Waals surface area contributed by atoms with Gasteiger partial charge in [0.1, 0.15) is 5.82 Å². The van der Waals surface area contributed by atoms with Crippen LogP contribution in [0.25, 0.3) is 0 Å². The number of methoxy groups -OCH3 is 1. The Bertz CT molecular complexity index is 460. The second-order valence-corrected chi connectivity index (χ2v) is 5.51. The van der Waals surface area contributed by atoms with Crippen molar-refractivity contribution in [1.82, 2.24) is 4.31 Å². The molecule has 0 atom stereocenters. The van der Waals surface area contributed by atoms with Crippen LogP contribution in [0.4, 0.5) is 4.39 Å². The molecule has 18 heavy (non-hydrogen) atoms. The average Bonchev–Trinajstić information content (AvgIpc) is 2.35. The van der Waals surface area contributed by atoms with E-state index >= 15 is 0 Å². The number of nitrogens with zero attached hydrogens (tertiary/aromatic N) is 1. The van der Waals surface area contributed by atoms with Crippen molar-refractivity contribution in [3.05, 3.63) is 30.1 Å². The lowest BCUT2D eigenvalue weighted by Gasteiger charge is -2.20. The van der Waals surface area contributed by atoms with Crippen molar-refractivity contribution in [3.8, 4) is 0 Å². The molecule has 0 saturated heterocycles. The van der Waals surface area contributed by atoms with Crippen LogP contribution in [0.1, 0.15) is 0 Å². The van der Waals surface area contributed by atoms with Crippen molar-refractivity contribution < 1.29 is 22.7 Å². The normalized spacial score (nSPS) is 12.0. The summed E-state index contributed by atoms with van der Waals surface area (Å²) in [5.74, 6) is -0.500. The highest BCUT2D eigenvalue weighted by molar-refractivity contribution is 7.89. The zero-order valence-corrected chi connectivity index (χ0v) is 10.9. The smallest absolute Gasteiger partial charge is 0.243 e. The number of rotatable bonds is 7. The van der Waals surface area contributed by atoms with E-state index in [2.05, 4.69) is 0 Å². The van der Waals surface area contributed by atoms with Gasteiger partial charge in [0.15, 0.2) is 0 Å². The second kappa shape index (κ2) is 6.79. The van der Waals surface area contributed by atoms with Gasteiger partial charge >= 0.3 is 0 Å². The van der Waals surface area contributed by atoms with Crippen molar-refractivity contribution in [2.24, 2.45) is 0 Å². The Balaban J connectivity index is 2.96. The molecule has 5 nitrogen and oxygen atoms in total. The monoisotopic (exact) mass is 277 g/mol. The van der Waals surface area contributed by atoms with E-state index in [1.165, 1.54) is 19.2 Å². The van der Waals surface area contributed by atoms with Gasteiger partial charge in [-0.3, -0.25) is 0 Å². The second-order valence-electron chi connectivity index (χ2n) is 3.57. The van der Waals surface area contributed by atoms with Gasteiger partial charge in [-0.05, 0) is 24.3 Å². The molecule has 0 amide bonds. The van der Waals surface area contributed by atoms with Gasteiger partial charge in [0.2, 0.25) is 10.0 Å². The van der Waals surface area contributed by atoms with Gasteiger partial charge in [-0.2, -0.15) is 4.31 Å². The Morgan fingerprint density at radius 1 is 1.28 bits per heavy atom. The van der Waals surface area contributed by atoms with Gasteiger partial charge < -0.3 is 9.84 Å². The van der Waals surface area contributed by atoms with Crippen molar-refractivity contribution >= 4 is 10.0 Å². The highest BCUT2D eigenvalue weighted by Gasteiger charge is 2.23. The number of benzene rings is 1. The molecule has 7 heteroatoms. The standard InChI is InChI=1S/C11H16FNO4S/c1-17-9-7-13(6-8-14)18(15,16)11-4-2-10(12)3-5-11/h2-5,14H,6-9H2,1H3. The molecule has 0 heterocycles. The molecule has 1 rings (SSSR count). The maximum absolute atomic E-state index is 12.8. The van der Waals surface area contributed by atoms with E-state index < -0.39 is 15.8 Å². The fourth-order valence-corrected chi connectivity index (χ4v) is 2.83. The number of ether oxygens (including phenoxy) is 1. The average molecular weight is 277 g/mol. The summed E-state index contributed by atoms with van der Waals surface area (Å²) in [7, 11) is -2.27. The first kappa shape index (κ1) is 15.0. The molecule has 0 saturated carbocycles. The summed E-state index contributed by atoms with van der Waals surface area (Å²) in [4.78, 5) is -0.00606. The fraction of sp³-hybridized carbons (Fsp3) is 0.455. The minimum absolute atomic E-state index is 0.00606. The summed E-state index contributed by atoms with van der Waals surface area (Å²) in [6, 6.07) is 4.56. The molecule has 1 aromatic carbocycles. The van der Waals surface area contributed by atoms with Crippen LogP contribution in [0.2, 0.25) is 0 Å².